The van der Waals surface area contributed by atoms with Crippen molar-refractivity contribution in [2.24, 2.45) is 0 Å². The number of imide groups is 1. The SMILES string of the molecule is O=C(COC(=O)CCN1C(=O)Cc2ccccc2C1=O)Nc1ccc(Cl)cc1. The zero-order valence-electron chi connectivity index (χ0n) is 14.8. The molecule has 1 aliphatic heterocycles. The number of benzene rings is 2. The molecule has 0 aromatic heterocycles. The number of amides is 3. The molecule has 0 radical (unpaired) electrons. The van der Waals surface area contributed by atoms with E-state index in [1.165, 1.54) is 0 Å². The maximum atomic E-state index is 12.4. The van der Waals surface area contributed by atoms with Crippen molar-refractivity contribution < 1.29 is 23.9 Å². The molecular weight excluding hydrogens is 384 g/mol. The number of carbonyl (C=O) groups is 4. The van der Waals surface area contributed by atoms with Crippen LogP contribution in [-0.2, 0) is 25.5 Å². The number of halogens is 1. The Morgan fingerprint density at radius 3 is 2.54 bits per heavy atom. The molecule has 28 heavy (non-hydrogen) atoms. The summed E-state index contributed by atoms with van der Waals surface area (Å²) in [7, 11) is 0. The number of nitrogens with zero attached hydrogens (tertiary/aromatic N) is 1. The maximum absolute atomic E-state index is 12.4. The number of hydrogen-bond donors (Lipinski definition) is 1. The van der Waals surface area contributed by atoms with E-state index in [0.717, 1.165) is 4.90 Å². The first-order valence-electron chi connectivity index (χ1n) is 8.57. The van der Waals surface area contributed by atoms with Crippen molar-refractivity contribution in [1.82, 2.24) is 4.90 Å². The molecule has 2 aromatic carbocycles. The fourth-order valence-corrected chi connectivity index (χ4v) is 2.90. The molecule has 3 rings (SSSR count). The molecule has 144 valence electrons. The molecule has 0 bridgehead atoms. The van der Waals surface area contributed by atoms with E-state index in [1.54, 1.807) is 48.5 Å². The molecule has 0 saturated carbocycles. The van der Waals surface area contributed by atoms with Gasteiger partial charge in [0.15, 0.2) is 6.61 Å². The Bertz CT molecular complexity index is 926. The topological polar surface area (TPSA) is 92.8 Å². The first-order chi connectivity index (χ1) is 13.4. The zero-order chi connectivity index (χ0) is 20.1. The highest BCUT2D eigenvalue weighted by Crippen LogP contribution is 2.19. The Hall–Kier alpha value is -3.19. The van der Waals surface area contributed by atoms with E-state index in [4.69, 9.17) is 16.3 Å². The lowest BCUT2D eigenvalue weighted by Crippen LogP contribution is -2.43. The lowest BCUT2D eigenvalue weighted by Gasteiger charge is -2.26. The van der Waals surface area contributed by atoms with Crippen LogP contribution in [0.3, 0.4) is 0 Å². The zero-order valence-corrected chi connectivity index (χ0v) is 15.6. The summed E-state index contributed by atoms with van der Waals surface area (Å²) in [5.41, 5.74) is 1.65. The quantitative estimate of drug-likeness (QED) is 0.593. The van der Waals surface area contributed by atoms with Gasteiger partial charge in [0.05, 0.1) is 12.8 Å². The van der Waals surface area contributed by atoms with Crippen molar-refractivity contribution in [1.29, 1.82) is 0 Å². The fourth-order valence-electron chi connectivity index (χ4n) is 2.78. The summed E-state index contributed by atoms with van der Waals surface area (Å²) >= 11 is 5.76. The summed E-state index contributed by atoms with van der Waals surface area (Å²) in [5, 5.41) is 3.10. The number of rotatable bonds is 6. The molecule has 2 aromatic rings. The minimum absolute atomic E-state index is 0.0936. The van der Waals surface area contributed by atoms with E-state index in [-0.39, 0.29) is 25.3 Å². The van der Waals surface area contributed by atoms with Crippen molar-refractivity contribution in [3.63, 3.8) is 0 Å². The molecule has 0 saturated heterocycles. The largest absolute Gasteiger partial charge is 0.456 e. The summed E-state index contributed by atoms with van der Waals surface area (Å²) in [6.45, 7) is -0.560. The number of carbonyl (C=O) groups excluding carboxylic acids is 4. The molecule has 1 aliphatic rings. The standard InChI is InChI=1S/C20H17ClN2O5/c21-14-5-7-15(8-6-14)22-17(24)12-28-19(26)9-10-23-18(25)11-13-3-1-2-4-16(13)20(23)27/h1-8H,9-12H2,(H,22,24). The van der Waals surface area contributed by atoms with Crippen molar-refractivity contribution in [2.75, 3.05) is 18.5 Å². The summed E-state index contributed by atoms with van der Waals surface area (Å²) in [4.78, 5) is 49.3. The molecule has 0 atom stereocenters. The van der Waals surface area contributed by atoms with Gasteiger partial charge in [-0.05, 0) is 35.9 Å². The first-order valence-corrected chi connectivity index (χ1v) is 8.95. The van der Waals surface area contributed by atoms with Gasteiger partial charge in [-0.25, -0.2) is 0 Å². The highest BCUT2D eigenvalue weighted by molar-refractivity contribution is 6.30. The smallest absolute Gasteiger partial charge is 0.308 e. The highest BCUT2D eigenvalue weighted by Gasteiger charge is 2.30. The molecule has 0 unspecified atom stereocenters. The first kappa shape index (κ1) is 19.6. The molecule has 7 nitrogen and oxygen atoms in total. The van der Waals surface area contributed by atoms with Gasteiger partial charge < -0.3 is 10.1 Å². The van der Waals surface area contributed by atoms with Crippen LogP contribution in [0.15, 0.2) is 48.5 Å². The Kier molecular flexibility index (Phi) is 6.06. The Morgan fingerprint density at radius 2 is 1.79 bits per heavy atom. The Morgan fingerprint density at radius 1 is 1.07 bits per heavy atom. The van der Waals surface area contributed by atoms with Gasteiger partial charge in [0.1, 0.15) is 0 Å². The molecule has 1 heterocycles. The van der Waals surface area contributed by atoms with Crippen molar-refractivity contribution in [3.05, 3.63) is 64.7 Å². The number of anilines is 1. The fraction of sp³-hybridized carbons (Fsp3) is 0.200. The molecule has 1 N–H and O–H groups in total. The second-order valence-corrected chi connectivity index (χ2v) is 6.59. The third kappa shape index (κ3) is 4.75. The van der Waals surface area contributed by atoms with E-state index in [0.29, 0.717) is 21.8 Å². The lowest BCUT2D eigenvalue weighted by atomic mass is 9.98. The molecule has 3 amide bonds. The van der Waals surface area contributed by atoms with Gasteiger partial charge >= 0.3 is 5.97 Å². The van der Waals surface area contributed by atoms with Crippen LogP contribution in [-0.4, -0.2) is 41.7 Å². The number of fused-ring (bicyclic) bond motifs is 1. The average Bonchev–Trinajstić information content (AvgIpc) is 2.68. The van der Waals surface area contributed by atoms with Crippen LogP contribution >= 0.6 is 11.6 Å². The van der Waals surface area contributed by atoms with Gasteiger partial charge in [-0.3, -0.25) is 24.1 Å². The minimum Gasteiger partial charge on any atom is -0.456 e. The monoisotopic (exact) mass is 400 g/mol. The van der Waals surface area contributed by atoms with Crippen LogP contribution in [0.25, 0.3) is 0 Å². The maximum Gasteiger partial charge on any atom is 0.308 e. The third-order valence-corrected chi connectivity index (χ3v) is 4.42. The third-order valence-electron chi connectivity index (χ3n) is 4.17. The van der Waals surface area contributed by atoms with Gasteiger partial charge in [-0.1, -0.05) is 29.8 Å². The Labute approximate surface area is 166 Å². The number of ether oxygens (including phenoxy) is 1. The van der Waals surface area contributed by atoms with Crippen molar-refractivity contribution in [2.45, 2.75) is 12.8 Å². The summed E-state index contributed by atoms with van der Waals surface area (Å²) in [6.07, 6.45) is -0.0751. The van der Waals surface area contributed by atoms with Gasteiger partial charge in [0, 0.05) is 22.8 Å². The summed E-state index contributed by atoms with van der Waals surface area (Å²) in [5.74, 6) is -1.97. The van der Waals surface area contributed by atoms with Crippen LogP contribution in [0.4, 0.5) is 5.69 Å². The summed E-state index contributed by atoms with van der Waals surface area (Å²) in [6, 6.07) is 13.3. The van der Waals surface area contributed by atoms with Crippen LogP contribution in [0.2, 0.25) is 5.02 Å². The highest BCUT2D eigenvalue weighted by atomic mass is 35.5. The van der Waals surface area contributed by atoms with E-state index in [9.17, 15) is 19.2 Å². The predicted molar refractivity (Wildman–Crippen MR) is 102 cm³/mol. The lowest BCUT2D eigenvalue weighted by molar-refractivity contribution is -0.147. The number of hydrogen-bond acceptors (Lipinski definition) is 5. The molecule has 0 fully saturated rings. The van der Waals surface area contributed by atoms with E-state index in [2.05, 4.69) is 5.32 Å². The van der Waals surface area contributed by atoms with E-state index >= 15 is 0 Å². The van der Waals surface area contributed by atoms with Gasteiger partial charge in [0.25, 0.3) is 11.8 Å². The van der Waals surface area contributed by atoms with Crippen LogP contribution in [0.5, 0.6) is 0 Å². The van der Waals surface area contributed by atoms with Crippen molar-refractivity contribution >= 4 is 41.0 Å². The average molecular weight is 401 g/mol. The normalized spacial score (nSPS) is 13.1. The molecule has 0 spiro atoms. The predicted octanol–water partition coefficient (Wildman–Crippen LogP) is 2.44. The van der Waals surface area contributed by atoms with Crippen LogP contribution < -0.4 is 5.32 Å². The molecule has 0 aliphatic carbocycles. The summed E-state index contributed by atoms with van der Waals surface area (Å²) < 4.78 is 4.90. The number of esters is 1. The van der Waals surface area contributed by atoms with E-state index < -0.39 is 24.4 Å². The Balaban J connectivity index is 1.46. The second-order valence-electron chi connectivity index (χ2n) is 6.15. The second kappa shape index (κ2) is 8.67. The van der Waals surface area contributed by atoms with Crippen LogP contribution in [0, 0.1) is 0 Å². The van der Waals surface area contributed by atoms with Crippen molar-refractivity contribution in [3.8, 4) is 0 Å². The van der Waals surface area contributed by atoms with Crippen LogP contribution in [0.1, 0.15) is 22.3 Å². The molecular formula is C20H17ClN2O5. The number of nitrogens with one attached hydrogen (secondary N) is 1. The van der Waals surface area contributed by atoms with Gasteiger partial charge in [0.2, 0.25) is 5.91 Å². The van der Waals surface area contributed by atoms with Gasteiger partial charge in [-0.15, -0.1) is 0 Å². The van der Waals surface area contributed by atoms with E-state index in [1.807, 2.05) is 0 Å². The van der Waals surface area contributed by atoms with Gasteiger partial charge in [-0.2, -0.15) is 0 Å². The molecule has 8 heteroatoms. The minimum atomic E-state index is -0.675.